The van der Waals surface area contributed by atoms with Crippen molar-refractivity contribution in [3.63, 3.8) is 0 Å². The van der Waals surface area contributed by atoms with E-state index in [0.29, 0.717) is 5.02 Å². The van der Waals surface area contributed by atoms with E-state index in [1.807, 2.05) is 30.4 Å². The maximum absolute atomic E-state index is 11.2. The lowest BCUT2D eigenvalue weighted by molar-refractivity contribution is -0.119. The third-order valence-electron chi connectivity index (χ3n) is 2.20. The first-order valence-corrected chi connectivity index (χ1v) is 5.45. The lowest BCUT2D eigenvalue weighted by Gasteiger charge is -2.14. The fourth-order valence-corrected chi connectivity index (χ4v) is 1.66. The van der Waals surface area contributed by atoms with Gasteiger partial charge in [-0.3, -0.25) is 10.1 Å². The van der Waals surface area contributed by atoms with E-state index in [0.717, 1.165) is 5.56 Å². The molecular formula is C11H14ClN3O2. The van der Waals surface area contributed by atoms with Gasteiger partial charge in [0.2, 0.25) is 5.91 Å². The predicted octanol–water partition coefficient (Wildman–Crippen LogP) is 1.19. The van der Waals surface area contributed by atoms with Crippen LogP contribution in [0, 0.1) is 0 Å². The molecule has 6 heteroatoms. The van der Waals surface area contributed by atoms with Gasteiger partial charge in [0.15, 0.2) is 0 Å². The first-order chi connectivity index (χ1) is 8.00. The van der Waals surface area contributed by atoms with Gasteiger partial charge >= 0.3 is 6.03 Å². The molecule has 1 rings (SSSR count). The van der Waals surface area contributed by atoms with Crippen molar-refractivity contribution >= 4 is 23.5 Å². The van der Waals surface area contributed by atoms with Crippen LogP contribution in [0.5, 0.6) is 0 Å². The molecule has 0 saturated heterocycles. The molecule has 1 aromatic carbocycles. The number of urea groups is 1. The highest BCUT2D eigenvalue weighted by Crippen LogP contribution is 2.21. The minimum Gasteiger partial charge on any atom is -0.351 e. The lowest BCUT2D eigenvalue weighted by Crippen LogP contribution is -2.41. The Bertz CT molecular complexity index is 423. The van der Waals surface area contributed by atoms with Crippen LogP contribution in [0.4, 0.5) is 4.79 Å². The third kappa shape index (κ3) is 4.42. The predicted molar refractivity (Wildman–Crippen MR) is 65.6 cm³/mol. The molecule has 1 unspecified atom stereocenters. The molecule has 1 atom stereocenters. The Balaban J connectivity index is 2.50. The fourth-order valence-electron chi connectivity index (χ4n) is 1.36. The maximum Gasteiger partial charge on any atom is 0.318 e. The lowest BCUT2D eigenvalue weighted by atomic mass is 10.1. The number of nitrogens with one attached hydrogen (secondary N) is 2. The maximum atomic E-state index is 11.2. The van der Waals surface area contributed by atoms with E-state index in [4.69, 9.17) is 17.3 Å². The number of primary amides is 1. The van der Waals surface area contributed by atoms with Gasteiger partial charge in [-0.1, -0.05) is 29.8 Å². The highest BCUT2D eigenvalue weighted by atomic mass is 35.5. The normalized spacial score (nSPS) is 11.9. The van der Waals surface area contributed by atoms with Crippen LogP contribution in [0.25, 0.3) is 0 Å². The van der Waals surface area contributed by atoms with Gasteiger partial charge in [-0.05, 0) is 18.6 Å². The van der Waals surface area contributed by atoms with E-state index < -0.39 is 11.9 Å². The van der Waals surface area contributed by atoms with Crippen LogP contribution in [0.2, 0.25) is 5.02 Å². The molecule has 0 aliphatic carbocycles. The van der Waals surface area contributed by atoms with Gasteiger partial charge < -0.3 is 11.1 Å². The van der Waals surface area contributed by atoms with Crippen molar-refractivity contribution in [1.82, 2.24) is 10.6 Å². The molecule has 0 aliphatic heterocycles. The van der Waals surface area contributed by atoms with Gasteiger partial charge in [-0.25, -0.2) is 4.79 Å². The SMILES string of the molecule is CC(NCC(=O)NC(N)=O)c1ccccc1Cl. The summed E-state index contributed by atoms with van der Waals surface area (Å²) in [5, 5.41) is 5.54. The van der Waals surface area contributed by atoms with Gasteiger partial charge in [0, 0.05) is 11.1 Å². The molecule has 0 radical (unpaired) electrons. The van der Waals surface area contributed by atoms with Gasteiger partial charge in [-0.2, -0.15) is 0 Å². The van der Waals surface area contributed by atoms with Crippen LogP contribution >= 0.6 is 11.6 Å². The molecule has 0 saturated carbocycles. The standard InChI is InChI=1S/C11H14ClN3O2/c1-7(8-4-2-3-5-9(8)12)14-6-10(16)15-11(13)17/h2-5,7,14H,6H2,1H3,(H3,13,15,16,17). The van der Waals surface area contributed by atoms with Crippen LogP contribution in [0.15, 0.2) is 24.3 Å². The largest absolute Gasteiger partial charge is 0.351 e. The fraction of sp³-hybridized carbons (Fsp3) is 0.273. The summed E-state index contributed by atoms with van der Waals surface area (Å²) in [7, 11) is 0. The minimum absolute atomic E-state index is 0.00463. The summed E-state index contributed by atoms with van der Waals surface area (Å²) in [5.41, 5.74) is 5.71. The molecule has 1 aromatic rings. The molecule has 0 bridgehead atoms. The molecule has 0 aliphatic rings. The molecule has 92 valence electrons. The molecule has 5 nitrogen and oxygen atoms in total. The summed E-state index contributed by atoms with van der Waals surface area (Å²) in [6, 6.07) is 6.38. The van der Waals surface area contributed by atoms with Crippen LogP contribution < -0.4 is 16.4 Å². The highest BCUT2D eigenvalue weighted by molar-refractivity contribution is 6.31. The van der Waals surface area contributed by atoms with Crippen molar-refractivity contribution in [2.45, 2.75) is 13.0 Å². The summed E-state index contributed by atoms with van der Waals surface area (Å²) in [6.45, 7) is 1.87. The van der Waals surface area contributed by atoms with Gasteiger partial charge in [-0.15, -0.1) is 0 Å². The summed E-state index contributed by atoms with van der Waals surface area (Å²) in [6.07, 6.45) is 0. The Labute approximate surface area is 104 Å². The number of imide groups is 1. The van der Waals surface area contributed by atoms with E-state index in [1.54, 1.807) is 6.07 Å². The second kappa shape index (κ2) is 6.22. The van der Waals surface area contributed by atoms with Crippen molar-refractivity contribution in [3.05, 3.63) is 34.9 Å². The summed E-state index contributed by atoms with van der Waals surface area (Å²) in [5.74, 6) is -0.476. The second-order valence-electron chi connectivity index (χ2n) is 3.54. The van der Waals surface area contributed by atoms with Crippen LogP contribution in [0.3, 0.4) is 0 Å². The topological polar surface area (TPSA) is 84.2 Å². The Hall–Kier alpha value is -1.59. The monoisotopic (exact) mass is 255 g/mol. The van der Waals surface area contributed by atoms with Gasteiger partial charge in [0.05, 0.1) is 6.54 Å². The Kier molecular flexibility index (Phi) is 4.93. The Morgan fingerprint density at radius 2 is 2.06 bits per heavy atom. The van der Waals surface area contributed by atoms with Crippen LogP contribution in [-0.4, -0.2) is 18.5 Å². The smallest absolute Gasteiger partial charge is 0.318 e. The van der Waals surface area contributed by atoms with E-state index in [-0.39, 0.29) is 12.6 Å². The van der Waals surface area contributed by atoms with Gasteiger partial charge in [0.1, 0.15) is 0 Å². The molecule has 3 amide bonds. The van der Waals surface area contributed by atoms with Crippen molar-refractivity contribution in [2.75, 3.05) is 6.54 Å². The quantitative estimate of drug-likeness (QED) is 0.756. The summed E-state index contributed by atoms with van der Waals surface area (Å²) >= 11 is 6.00. The highest BCUT2D eigenvalue weighted by Gasteiger charge is 2.10. The van der Waals surface area contributed by atoms with E-state index >= 15 is 0 Å². The molecule has 4 N–H and O–H groups in total. The average molecular weight is 256 g/mol. The third-order valence-corrected chi connectivity index (χ3v) is 2.55. The molecule has 0 heterocycles. The summed E-state index contributed by atoms with van der Waals surface area (Å²) in [4.78, 5) is 21.6. The van der Waals surface area contributed by atoms with Crippen molar-refractivity contribution in [2.24, 2.45) is 5.73 Å². The van der Waals surface area contributed by atoms with Crippen LogP contribution in [0.1, 0.15) is 18.5 Å². The molecule has 0 aromatic heterocycles. The zero-order valence-electron chi connectivity index (χ0n) is 9.37. The number of rotatable bonds is 4. The minimum atomic E-state index is -0.859. The number of carbonyl (C=O) groups is 2. The zero-order chi connectivity index (χ0) is 12.8. The van der Waals surface area contributed by atoms with Crippen LogP contribution in [-0.2, 0) is 4.79 Å². The molecular weight excluding hydrogens is 242 g/mol. The Morgan fingerprint density at radius 1 is 1.41 bits per heavy atom. The second-order valence-corrected chi connectivity index (χ2v) is 3.94. The van der Waals surface area contributed by atoms with Gasteiger partial charge in [0.25, 0.3) is 0 Å². The number of benzene rings is 1. The first-order valence-electron chi connectivity index (χ1n) is 5.08. The van der Waals surface area contributed by atoms with E-state index in [9.17, 15) is 9.59 Å². The molecule has 17 heavy (non-hydrogen) atoms. The van der Waals surface area contributed by atoms with E-state index in [2.05, 4.69) is 5.32 Å². The number of hydrogen-bond donors (Lipinski definition) is 3. The Morgan fingerprint density at radius 3 is 2.65 bits per heavy atom. The van der Waals surface area contributed by atoms with E-state index in [1.165, 1.54) is 0 Å². The number of carbonyl (C=O) groups excluding carboxylic acids is 2. The summed E-state index contributed by atoms with van der Waals surface area (Å²) < 4.78 is 0. The van der Waals surface area contributed by atoms with Crippen molar-refractivity contribution in [3.8, 4) is 0 Å². The zero-order valence-corrected chi connectivity index (χ0v) is 10.1. The van der Waals surface area contributed by atoms with Crippen molar-refractivity contribution < 1.29 is 9.59 Å². The molecule has 0 spiro atoms. The first kappa shape index (κ1) is 13.5. The molecule has 0 fully saturated rings. The number of amides is 3. The van der Waals surface area contributed by atoms with Crippen molar-refractivity contribution in [1.29, 1.82) is 0 Å². The average Bonchev–Trinajstić information content (AvgIpc) is 2.25. The number of hydrogen-bond acceptors (Lipinski definition) is 3. The number of halogens is 1. The number of nitrogens with two attached hydrogens (primary N) is 1.